The maximum atomic E-state index is 15.8. The van der Waals surface area contributed by atoms with Crippen molar-refractivity contribution >= 4 is 5.97 Å². The molecule has 11 rings (SSSR count). The molecule has 0 unspecified atom stereocenters. The predicted molar refractivity (Wildman–Crippen MR) is 310 cm³/mol. The third kappa shape index (κ3) is 11.8. The van der Waals surface area contributed by atoms with Gasteiger partial charge in [0.25, 0.3) is 0 Å². The van der Waals surface area contributed by atoms with E-state index in [9.17, 15) is 86.8 Å². The average Bonchev–Trinajstić information content (AvgIpc) is 1.09. The summed E-state index contributed by atoms with van der Waals surface area (Å²) in [5, 5.41) is 188. The number of fused-ring (bicyclic) bond motifs is 7. The molecule has 30 heteroatoms. The number of esters is 1. The van der Waals surface area contributed by atoms with Gasteiger partial charge in [-0.15, -0.1) is 0 Å². The first-order chi connectivity index (χ1) is 43.6. The number of hydrogen-bond acceptors (Lipinski definition) is 30. The Morgan fingerprint density at radius 2 is 1.14 bits per heavy atom. The molecule has 0 aromatic heterocycles. The van der Waals surface area contributed by atoms with E-state index in [-0.39, 0.29) is 36.7 Å². The van der Waals surface area contributed by atoms with Crippen molar-refractivity contribution in [1.29, 1.82) is 0 Å². The maximum absolute atomic E-state index is 15.8. The van der Waals surface area contributed by atoms with Gasteiger partial charge in [0.15, 0.2) is 37.6 Å². The number of allylic oxidation sites excluding steroid dienone is 2. The van der Waals surface area contributed by atoms with E-state index in [0.717, 1.165) is 5.57 Å². The maximum Gasteiger partial charge on any atom is 0.317 e. The van der Waals surface area contributed by atoms with Crippen LogP contribution in [0.2, 0.25) is 0 Å². The summed E-state index contributed by atoms with van der Waals surface area (Å²) in [5.41, 5.74) is -7.75. The molecule has 11 aliphatic rings. The summed E-state index contributed by atoms with van der Waals surface area (Å²) in [5.74, 6) is -1.58. The zero-order chi connectivity index (χ0) is 67.8. The Kier molecular flexibility index (Phi) is 20.4. The highest BCUT2D eigenvalue weighted by molar-refractivity contribution is 5.80. The summed E-state index contributed by atoms with van der Waals surface area (Å²) < 4.78 is 72.2. The smallest absolute Gasteiger partial charge is 0.317 e. The van der Waals surface area contributed by atoms with Crippen LogP contribution in [0.15, 0.2) is 11.6 Å². The molecule has 35 atom stereocenters. The topological polar surface area (TPSA) is 472 Å². The van der Waals surface area contributed by atoms with E-state index in [4.69, 9.17) is 56.8 Å². The van der Waals surface area contributed by atoms with Crippen molar-refractivity contribution in [3.63, 3.8) is 0 Å². The Morgan fingerprint density at radius 1 is 0.548 bits per heavy atom. The van der Waals surface area contributed by atoms with Crippen LogP contribution < -0.4 is 0 Å². The Hall–Kier alpha value is -1.91. The number of rotatable bonds is 16. The summed E-state index contributed by atoms with van der Waals surface area (Å²) in [6.45, 7) is 11.2. The standard InChI is InChI=1S/C63H102O30/c1-26-36(70)39(73)46(92-51-42(76)45(91-54-48(78)62(81,23-67)25-84-54)43(27(2)86-51)89-49-41(75)44(30(68)20-82-49)90-53-47(77)61(80,22-66)24-83-53)52(85-26)93-55(79)63-16-15-56(3,4)17-29(63)28-9-10-33-57(5)13-12-35(88-50-40(74)38(72)37(71)31(19-64)87-50)58(6,21-65)32(57)11-14-59(33,7)60(28,8)18-34(63)69/h9,26-27,29-54,64-78,80-81H,10-25H2,1-8H3/t26-,27-,29-,30+,31+,32+,33+,34+,35-,36-,37+,38-,39+,40+,41+,42+,43-,44-,45-,46+,47-,48-,49-,50-,51-,52-,53-,54-,57-,58-,59+,60+,61+,62+,63+/m0/s1. The van der Waals surface area contributed by atoms with Crippen LogP contribution in [0.1, 0.15) is 113 Å². The van der Waals surface area contributed by atoms with E-state index in [0.29, 0.717) is 44.9 Å². The van der Waals surface area contributed by atoms with Crippen molar-refractivity contribution in [2.24, 2.45) is 50.2 Å². The fourth-order valence-electron chi connectivity index (χ4n) is 18.7. The van der Waals surface area contributed by atoms with Crippen LogP contribution in [0.25, 0.3) is 0 Å². The molecule has 30 nitrogen and oxygen atoms in total. The second-order valence-electron chi connectivity index (χ2n) is 30.7. The number of carbonyl (C=O) groups is 1. The van der Waals surface area contributed by atoms with Gasteiger partial charge >= 0.3 is 5.97 Å². The van der Waals surface area contributed by atoms with Gasteiger partial charge in [0.05, 0.1) is 70.7 Å². The normalized spacial score (nSPS) is 55.5. The molecule has 6 heterocycles. The van der Waals surface area contributed by atoms with Crippen LogP contribution in [0, 0.1) is 50.2 Å². The molecule has 0 radical (unpaired) electrons. The molecule has 0 aromatic rings. The molecule has 0 spiro atoms. The number of carbonyl (C=O) groups excluding carboxylic acids is 1. The third-order valence-electron chi connectivity index (χ3n) is 24.8. The van der Waals surface area contributed by atoms with Crippen LogP contribution in [0.3, 0.4) is 0 Å². The highest BCUT2D eigenvalue weighted by Crippen LogP contribution is 2.76. The largest absolute Gasteiger partial charge is 0.432 e. The van der Waals surface area contributed by atoms with Crippen molar-refractivity contribution in [2.75, 3.05) is 46.2 Å². The molecular weight excluding hydrogens is 1240 g/mol. The molecular formula is C63H102O30. The van der Waals surface area contributed by atoms with Gasteiger partial charge in [0.1, 0.15) is 102 Å². The van der Waals surface area contributed by atoms with Crippen molar-refractivity contribution in [3.8, 4) is 0 Å². The molecule has 0 bridgehead atoms. The van der Waals surface area contributed by atoms with E-state index < -0.39 is 244 Å². The zero-order valence-electron chi connectivity index (χ0n) is 54.0. The number of aliphatic hydroxyl groups excluding tert-OH is 15. The van der Waals surface area contributed by atoms with Crippen LogP contribution in [-0.2, 0) is 61.6 Å². The first-order valence-corrected chi connectivity index (χ1v) is 32.9. The van der Waals surface area contributed by atoms with Gasteiger partial charge in [-0.25, -0.2) is 0 Å². The molecule has 17 N–H and O–H groups in total. The van der Waals surface area contributed by atoms with Crippen molar-refractivity contribution < 1.29 is 148 Å². The van der Waals surface area contributed by atoms with Crippen LogP contribution >= 0.6 is 0 Å². The van der Waals surface area contributed by atoms with E-state index >= 15 is 4.79 Å². The number of hydrogen-bond donors (Lipinski definition) is 17. The second kappa shape index (κ2) is 26.2. The molecule has 534 valence electrons. The molecule has 93 heavy (non-hydrogen) atoms. The van der Waals surface area contributed by atoms with E-state index in [2.05, 4.69) is 40.7 Å². The fraction of sp³-hybridized carbons (Fsp3) is 0.952. The summed E-state index contributed by atoms with van der Waals surface area (Å²) >= 11 is 0. The molecule has 4 saturated carbocycles. The van der Waals surface area contributed by atoms with E-state index in [1.54, 1.807) is 0 Å². The fourth-order valence-corrected chi connectivity index (χ4v) is 18.7. The van der Waals surface area contributed by atoms with Gasteiger partial charge in [-0.2, -0.15) is 0 Å². The van der Waals surface area contributed by atoms with Crippen LogP contribution in [-0.4, -0.2) is 304 Å². The summed E-state index contributed by atoms with van der Waals surface area (Å²) in [7, 11) is 0. The Bertz CT molecular complexity index is 2660. The van der Waals surface area contributed by atoms with Gasteiger partial charge in [0, 0.05) is 5.41 Å². The minimum Gasteiger partial charge on any atom is -0.432 e. The SMILES string of the molecule is C[C@@H]1O[C@@H](OC(=O)[C@]23CCC(C)(C)C[C@H]2C2=CC[C@@H]4[C@@]5(C)CC[C@H](O[C@@H]6O[C@H](CO)[C@@H](O)[C@H](O)[C@H]6O)[C@@](C)(CO)[C@@H]5CC[C@@]4(C)[C@]2(C)C[C@H]3O)[C@H](O[C@@H]2O[C@@H](C)[C@H](O[C@@H]3OC[C@@H](O)[C@H](O[C@@H]4OC[C@](O)(CO)[C@H]4O)[C@H]3O)[C@@H](O[C@@H]3OC[C@](O)(CO)[C@H]3O)[C@H]2O)[C@H](O)[C@H]1O. The van der Waals surface area contributed by atoms with Crippen LogP contribution in [0.4, 0.5) is 0 Å². The Labute approximate surface area is 539 Å². The Morgan fingerprint density at radius 3 is 1.75 bits per heavy atom. The minimum atomic E-state index is -2.24. The molecule has 0 amide bonds. The molecule has 0 aromatic carbocycles. The zero-order valence-corrected chi connectivity index (χ0v) is 54.0. The highest BCUT2D eigenvalue weighted by Gasteiger charge is 2.73. The molecule has 6 saturated heterocycles. The number of ether oxygens (including phenoxy) is 12. The second-order valence-corrected chi connectivity index (χ2v) is 30.7. The summed E-state index contributed by atoms with van der Waals surface area (Å²) in [6, 6.07) is 0. The highest BCUT2D eigenvalue weighted by atomic mass is 16.8. The van der Waals surface area contributed by atoms with Crippen LogP contribution in [0.5, 0.6) is 0 Å². The van der Waals surface area contributed by atoms with E-state index in [1.807, 2.05) is 6.92 Å². The Balaban J connectivity index is 0.845. The molecule has 5 aliphatic carbocycles. The number of aliphatic hydroxyl groups is 17. The molecule has 10 fully saturated rings. The van der Waals surface area contributed by atoms with E-state index in [1.165, 1.54) is 13.8 Å². The predicted octanol–water partition coefficient (Wildman–Crippen LogP) is -4.47. The van der Waals surface area contributed by atoms with Crippen molar-refractivity contribution in [2.45, 2.75) is 278 Å². The summed E-state index contributed by atoms with van der Waals surface area (Å²) in [4.78, 5) is 15.8. The van der Waals surface area contributed by atoms with Gasteiger partial charge in [-0.05, 0) is 111 Å². The van der Waals surface area contributed by atoms with Crippen molar-refractivity contribution in [1.82, 2.24) is 0 Å². The lowest BCUT2D eigenvalue weighted by atomic mass is 9.33. The lowest BCUT2D eigenvalue weighted by molar-refractivity contribution is -0.386. The monoisotopic (exact) mass is 1340 g/mol. The molecule has 6 aliphatic heterocycles. The average molecular weight is 1340 g/mol. The lowest BCUT2D eigenvalue weighted by Gasteiger charge is -2.72. The van der Waals surface area contributed by atoms with Gasteiger partial charge < -0.3 is 144 Å². The minimum absolute atomic E-state index is 0.00608. The quantitative estimate of drug-likeness (QED) is 0.0394. The van der Waals surface area contributed by atoms with Gasteiger partial charge in [-0.1, -0.05) is 53.2 Å². The van der Waals surface area contributed by atoms with Gasteiger partial charge in [0.2, 0.25) is 6.29 Å². The first-order valence-electron chi connectivity index (χ1n) is 32.9. The van der Waals surface area contributed by atoms with Crippen molar-refractivity contribution in [3.05, 3.63) is 11.6 Å². The lowest BCUT2D eigenvalue weighted by Crippen LogP contribution is -2.69. The third-order valence-corrected chi connectivity index (χ3v) is 24.8. The van der Waals surface area contributed by atoms with Gasteiger partial charge in [-0.3, -0.25) is 4.79 Å². The summed E-state index contributed by atoms with van der Waals surface area (Å²) in [6.07, 6.45) is -34.2. The first kappa shape index (κ1) is 72.3.